The smallest absolute Gasteiger partial charge is 0.121 e. The second-order valence-electron chi connectivity index (χ2n) is 1.91. The van der Waals surface area contributed by atoms with Gasteiger partial charge in [0.25, 0.3) is 0 Å². The van der Waals surface area contributed by atoms with E-state index in [1.807, 2.05) is 17.8 Å². The highest BCUT2D eigenvalue weighted by molar-refractivity contribution is 7.80. The van der Waals surface area contributed by atoms with Crippen molar-refractivity contribution in [1.82, 2.24) is 9.55 Å². The zero-order chi connectivity index (χ0) is 6.85. The first kappa shape index (κ1) is 6.68. The van der Waals surface area contributed by atoms with Crippen LogP contribution in [0.25, 0.3) is 0 Å². The van der Waals surface area contributed by atoms with Crippen LogP contribution >= 0.6 is 12.6 Å². The summed E-state index contributed by atoms with van der Waals surface area (Å²) in [5.74, 6) is 0.901. The van der Waals surface area contributed by atoms with Gasteiger partial charge in [-0.15, -0.1) is 0 Å². The van der Waals surface area contributed by atoms with Crippen LogP contribution in [0.15, 0.2) is 12.4 Å². The van der Waals surface area contributed by atoms with E-state index >= 15 is 0 Å². The van der Waals surface area contributed by atoms with Gasteiger partial charge in [0.15, 0.2) is 0 Å². The summed E-state index contributed by atoms with van der Waals surface area (Å²) in [6, 6.07) is 0. The van der Waals surface area contributed by atoms with Crippen LogP contribution in [-0.4, -0.2) is 9.55 Å². The van der Waals surface area contributed by atoms with E-state index < -0.39 is 0 Å². The summed E-state index contributed by atoms with van der Waals surface area (Å²) in [7, 11) is 1.93. The molecule has 1 unspecified atom stereocenters. The zero-order valence-electron chi connectivity index (χ0n) is 5.28. The number of hydrogen-bond acceptors (Lipinski definition) is 2. The van der Waals surface area contributed by atoms with Gasteiger partial charge < -0.3 is 4.57 Å². The van der Waals surface area contributed by atoms with Crippen molar-refractivity contribution in [1.29, 1.82) is 0 Å². The van der Waals surface area contributed by atoms with Crippen molar-refractivity contribution in [3.05, 3.63) is 25.1 Å². The van der Waals surface area contributed by atoms with Crippen LogP contribution in [0.4, 0.5) is 0 Å². The Balaban J connectivity index is 2.94. The molecule has 1 heterocycles. The molecule has 0 bridgehead atoms. The maximum absolute atomic E-state index is 4.13. The molecule has 3 heteroatoms. The molecule has 0 aliphatic heterocycles. The second-order valence-corrected chi connectivity index (χ2v) is 2.54. The van der Waals surface area contributed by atoms with Crippen molar-refractivity contribution < 1.29 is 0 Å². The SMILES string of the molecule is [CH2]C(S)c1nccn1C. The standard InChI is InChI=1S/C6H9N2S/c1-5(9)6-7-3-4-8(6)2/h3-5,9H,1H2,2H3. The molecule has 0 aromatic carbocycles. The fourth-order valence-corrected chi connectivity index (χ4v) is 0.947. The second kappa shape index (κ2) is 2.43. The van der Waals surface area contributed by atoms with E-state index in [2.05, 4.69) is 24.5 Å². The van der Waals surface area contributed by atoms with Crippen molar-refractivity contribution >= 4 is 12.6 Å². The van der Waals surface area contributed by atoms with Gasteiger partial charge >= 0.3 is 0 Å². The number of nitrogens with zero attached hydrogens (tertiary/aromatic N) is 2. The molecule has 0 spiro atoms. The molecular weight excluding hydrogens is 132 g/mol. The van der Waals surface area contributed by atoms with Crippen molar-refractivity contribution in [2.24, 2.45) is 7.05 Å². The summed E-state index contributed by atoms with van der Waals surface area (Å²) in [5.41, 5.74) is 0. The minimum absolute atomic E-state index is 0.0231. The van der Waals surface area contributed by atoms with E-state index in [4.69, 9.17) is 0 Å². The van der Waals surface area contributed by atoms with Gasteiger partial charge in [-0.05, 0) is 6.92 Å². The maximum Gasteiger partial charge on any atom is 0.121 e. The molecule has 0 aliphatic carbocycles. The molecule has 2 nitrogen and oxygen atoms in total. The highest BCUT2D eigenvalue weighted by Crippen LogP contribution is 2.13. The number of aryl methyl sites for hydroxylation is 1. The van der Waals surface area contributed by atoms with E-state index in [0.29, 0.717) is 0 Å². The summed E-state index contributed by atoms with van der Waals surface area (Å²) >= 11 is 4.13. The van der Waals surface area contributed by atoms with Crippen LogP contribution in [0.3, 0.4) is 0 Å². The summed E-state index contributed by atoms with van der Waals surface area (Å²) in [5, 5.41) is -0.0231. The van der Waals surface area contributed by atoms with Gasteiger partial charge in [-0.1, -0.05) is 0 Å². The lowest BCUT2D eigenvalue weighted by molar-refractivity contribution is 0.823. The lowest BCUT2D eigenvalue weighted by Gasteiger charge is -2.01. The third-order valence-corrected chi connectivity index (χ3v) is 1.39. The van der Waals surface area contributed by atoms with Gasteiger partial charge in [-0.3, -0.25) is 0 Å². The summed E-state index contributed by atoms with van der Waals surface area (Å²) in [4.78, 5) is 4.04. The Bertz CT molecular complexity index is 193. The average molecular weight is 141 g/mol. The van der Waals surface area contributed by atoms with Crippen LogP contribution in [0.5, 0.6) is 0 Å². The van der Waals surface area contributed by atoms with Gasteiger partial charge in [-0.2, -0.15) is 12.6 Å². The Morgan fingerprint density at radius 1 is 1.89 bits per heavy atom. The zero-order valence-corrected chi connectivity index (χ0v) is 6.18. The van der Waals surface area contributed by atoms with Gasteiger partial charge in [0.05, 0.1) is 5.25 Å². The number of rotatable bonds is 1. The molecular formula is C6H9N2S. The first-order valence-electron chi connectivity index (χ1n) is 2.70. The fourth-order valence-electron chi connectivity index (χ4n) is 0.698. The lowest BCUT2D eigenvalue weighted by atomic mass is 10.4. The predicted molar refractivity (Wildman–Crippen MR) is 40.3 cm³/mol. The Morgan fingerprint density at radius 2 is 2.56 bits per heavy atom. The molecule has 49 valence electrons. The molecule has 0 fully saturated rings. The Hall–Kier alpha value is -0.440. The molecule has 1 atom stereocenters. The summed E-state index contributed by atoms with van der Waals surface area (Å²) < 4.78 is 1.91. The molecule has 1 rings (SSSR count). The van der Waals surface area contributed by atoms with Crippen LogP contribution in [-0.2, 0) is 7.05 Å². The quantitative estimate of drug-likeness (QED) is 0.582. The van der Waals surface area contributed by atoms with E-state index in [0.717, 1.165) is 5.82 Å². The van der Waals surface area contributed by atoms with Crippen LogP contribution in [0.2, 0.25) is 0 Å². The third kappa shape index (κ3) is 1.27. The minimum atomic E-state index is -0.0231. The van der Waals surface area contributed by atoms with Gasteiger partial charge in [-0.25, -0.2) is 4.98 Å². The molecule has 0 aliphatic rings. The van der Waals surface area contributed by atoms with Crippen LogP contribution < -0.4 is 0 Å². The van der Waals surface area contributed by atoms with Crippen LogP contribution in [0, 0.1) is 6.92 Å². The van der Waals surface area contributed by atoms with Gasteiger partial charge in [0.1, 0.15) is 5.82 Å². The van der Waals surface area contributed by atoms with E-state index in [1.165, 1.54) is 0 Å². The van der Waals surface area contributed by atoms with Crippen LogP contribution in [0.1, 0.15) is 11.1 Å². The largest absolute Gasteiger partial charge is 0.337 e. The van der Waals surface area contributed by atoms with E-state index in [1.54, 1.807) is 6.20 Å². The predicted octanol–water partition coefficient (Wildman–Crippen LogP) is 1.23. The number of hydrogen-bond donors (Lipinski definition) is 1. The number of thiol groups is 1. The van der Waals surface area contributed by atoms with Crippen molar-refractivity contribution in [3.8, 4) is 0 Å². The van der Waals surface area contributed by atoms with Gasteiger partial charge in [0, 0.05) is 19.4 Å². The highest BCUT2D eigenvalue weighted by Gasteiger charge is 2.02. The average Bonchev–Trinajstić information content (AvgIpc) is 2.13. The monoisotopic (exact) mass is 141 g/mol. The number of imidazole rings is 1. The Labute approximate surface area is 60.3 Å². The normalized spacial score (nSPS) is 13.7. The maximum atomic E-state index is 4.13. The Kier molecular flexibility index (Phi) is 1.81. The first-order valence-corrected chi connectivity index (χ1v) is 3.22. The lowest BCUT2D eigenvalue weighted by Crippen LogP contribution is -1.96. The molecule has 0 N–H and O–H groups in total. The van der Waals surface area contributed by atoms with Crippen molar-refractivity contribution in [2.75, 3.05) is 0 Å². The third-order valence-electron chi connectivity index (χ3n) is 1.16. The minimum Gasteiger partial charge on any atom is -0.337 e. The van der Waals surface area contributed by atoms with Gasteiger partial charge in [0.2, 0.25) is 0 Å². The number of aromatic nitrogens is 2. The van der Waals surface area contributed by atoms with E-state index in [9.17, 15) is 0 Å². The topological polar surface area (TPSA) is 17.8 Å². The summed E-state index contributed by atoms with van der Waals surface area (Å²) in [6.45, 7) is 3.72. The molecule has 1 aromatic heterocycles. The molecule has 1 aromatic rings. The van der Waals surface area contributed by atoms with E-state index in [-0.39, 0.29) is 5.25 Å². The molecule has 0 saturated carbocycles. The Morgan fingerprint density at radius 3 is 2.78 bits per heavy atom. The first-order chi connectivity index (χ1) is 4.22. The van der Waals surface area contributed by atoms with Crippen molar-refractivity contribution in [2.45, 2.75) is 5.25 Å². The molecule has 0 saturated heterocycles. The molecule has 1 radical (unpaired) electrons. The highest BCUT2D eigenvalue weighted by atomic mass is 32.1. The summed E-state index contributed by atoms with van der Waals surface area (Å²) in [6.07, 6.45) is 3.62. The van der Waals surface area contributed by atoms with Crippen molar-refractivity contribution in [3.63, 3.8) is 0 Å². The molecule has 9 heavy (non-hydrogen) atoms. The molecule has 0 amide bonds. The fraction of sp³-hybridized carbons (Fsp3) is 0.333.